The molecule has 1 N–H and O–H groups in total. The number of benzene rings is 3. The molecule has 0 heterocycles. The molecule has 0 saturated heterocycles. The molecule has 0 unspecified atom stereocenters. The van der Waals surface area contributed by atoms with E-state index >= 15 is 0 Å². The quantitative estimate of drug-likeness (QED) is 0.255. The van der Waals surface area contributed by atoms with Crippen LogP contribution < -0.4 is 5.32 Å². The fraction of sp³-hybridized carbons (Fsp3) is 0.310. The van der Waals surface area contributed by atoms with E-state index in [4.69, 9.17) is 11.6 Å². The molecular weight excluding hydrogens is 556 g/mol. The van der Waals surface area contributed by atoms with Crippen molar-refractivity contribution in [3.05, 3.63) is 105 Å². The molecule has 0 aliphatic carbocycles. The van der Waals surface area contributed by atoms with E-state index < -0.39 is 6.04 Å². The summed E-state index contributed by atoms with van der Waals surface area (Å²) in [4.78, 5) is 28.8. The predicted octanol–water partition coefficient (Wildman–Crippen LogP) is 6.75. The maximum absolute atomic E-state index is 13.6. The molecule has 1 atom stereocenters. The van der Waals surface area contributed by atoms with Gasteiger partial charge in [0.25, 0.3) is 0 Å². The van der Waals surface area contributed by atoms with E-state index in [-0.39, 0.29) is 17.6 Å². The molecule has 0 fully saturated rings. The number of amides is 2. The molecule has 4 nitrogen and oxygen atoms in total. The maximum atomic E-state index is 13.6. The highest BCUT2D eigenvalue weighted by Crippen LogP contribution is 2.21. The van der Waals surface area contributed by atoms with Gasteiger partial charge in [-0.1, -0.05) is 96.0 Å². The van der Waals surface area contributed by atoms with Crippen LogP contribution in [0.5, 0.6) is 0 Å². The minimum Gasteiger partial charge on any atom is -0.354 e. The summed E-state index contributed by atoms with van der Waals surface area (Å²) in [5, 5.41) is 3.66. The van der Waals surface area contributed by atoms with Gasteiger partial charge >= 0.3 is 0 Å². The highest BCUT2D eigenvalue weighted by Gasteiger charge is 2.30. The van der Waals surface area contributed by atoms with Gasteiger partial charge in [0, 0.05) is 34.8 Å². The van der Waals surface area contributed by atoms with Crippen molar-refractivity contribution in [2.24, 2.45) is 5.92 Å². The molecule has 0 aliphatic rings. The Morgan fingerprint density at radius 2 is 1.64 bits per heavy atom. The summed E-state index contributed by atoms with van der Waals surface area (Å²) < 4.78 is 1.02. The van der Waals surface area contributed by atoms with Crippen LogP contribution in [0.4, 0.5) is 0 Å². The third kappa shape index (κ3) is 9.30. The third-order valence-corrected chi connectivity index (χ3v) is 7.36. The van der Waals surface area contributed by atoms with E-state index in [9.17, 15) is 9.59 Å². The lowest BCUT2D eigenvalue weighted by atomic mass is 10.0. The lowest BCUT2D eigenvalue weighted by Gasteiger charge is -2.32. The second-order valence-corrected chi connectivity index (χ2v) is 11.5. The van der Waals surface area contributed by atoms with Gasteiger partial charge in [0.2, 0.25) is 11.8 Å². The SMILES string of the molecule is CC(C)CNC(=O)[C@@H](Cc1ccccc1)N(Cc1cccc(Cl)c1)C(=O)CSCc1ccc(Br)cc1. The fourth-order valence-electron chi connectivity index (χ4n) is 3.73. The summed E-state index contributed by atoms with van der Waals surface area (Å²) in [6.07, 6.45) is 0.439. The van der Waals surface area contributed by atoms with Crippen LogP contribution in [0.1, 0.15) is 30.5 Å². The molecule has 36 heavy (non-hydrogen) atoms. The lowest BCUT2D eigenvalue weighted by Crippen LogP contribution is -2.51. The highest BCUT2D eigenvalue weighted by molar-refractivity contribution is 9.10. The first-order chi connectivity index (χ1) is 17.3. The Kier molecular flexibility index (Phi) is 11.4. The molecule has 0 bridgehead atoms. The van der Waals surface area contributed by atoms with Gasteiger partial charge in [0.05, 0.1) is 5.75 Å². The molecular formula is C29H32BrClN2O2S. The normalized spacial score (nSPS) is 11.8. The topological polar surface area (TPSA) is 49.4 Å². The zero-order chi connectivity index (χ0) is 25.9. The summed E-state index contributed by atoms with van der Waals surface area (Å²) in [6.45, 7) is 4.98. The van der Waals surface area contributed by atoms with E-state index in [0.717, 1.165) is 21.2 Å². The van der Waals surface area contributed by atoms with Crippen LogP contribution >= 0.6 is 39.3 Å². The molecule has 2 amide bonds. The first kappa shape index (κ1) is 28.3. The van der Waals surface area contributed by atoms with E-state index in [1.54, 1.807) is 16.7 Å². The Hall–Kier alpha value is -2.28. The summed E-state index contributed by atoms with van der Waals surface area (Å²) in [7, 11) is 0. The molecule has 3 aromatic carbocycles. The van der Waals surface area contributed by atoms with Crippen LogP contribution in [0, 0.1) is 5.92 Å². The minimum atomic E-state index is -0.633. The number of hydrogen-bond donors (Lipinski definition) is 1. The summed E-state index contributed by atoms with van der Waals surface area (Å²) >= 11 is 11.2. The van der Waals surface area contributed by atoms with E-state index in [0.29, 0.717) is 36.2 Å². The van der Waals surface area contributed by atoms with Crippen LogP contribution in [0.15, 0.2) is 83.3 Å². The summed E-state index contributed by atoms with van der Waals surface area (Å²) in [5.41, 5.74) is 3.05. The molecule has 3 rings (SSSR count). The lowest BCUT2D eigenvalue weighted by molar-refractivity contribution is -0.139. The van der Waals surface area contributed by atoms with Gasteiger partial charge in [0.1, 0.15) is 6.04 Å². The van der Waals surface area contributed by atoms with Crippen molar-refractivity contribution in [3.63, 3.8) is 0 Å². The number of rotatable bonds is 12. The molecule has 3 aromatic rings. The number of hydrogen-bond acceptors (Lipinski definition) is 3. The average molecular weight is 588 g/mol. The van der Waals surface area contributed by atoms with Crippen molar-refractivity contribution in [1.29, 1.82) is 0 Å². The van der Waals surface area contributed by atoms with Gasteiger partial charge in [-0.05, 0) is 46.9 Å². The Morgan fingerprint density at radius 3 is 2.31 bits per heavy atom. The number of carbonyl (C=O) groups is 2. The first-order valence-corrected chi connectivity index (χ1v) is 14.3. The second kappa shape index (κ2) is 14.5. The van der Waals surface area contributed by atoms with Crippen molar-refractivity contribution in [2.45, 2.75) is 38.6 Å². The van der Waals surface area contributed by atoms with E-state index in [2.05, 4.69) is 35.1 Å². The zero-order valence-electron chi connectivity index (χ0n) is 20.6. The number of halogens is 2. The standard InChI is InChI=1S/C29H32BrClN2O2S/c1-21(2)17-32-29(35)27(16-22-7-4-3-5-8-22)33(18-24-9-6-10-26(31)15-24)28(34)20-36-19-23-11-13-25(30)14-12-23/h3-15,21,27H,16-20H2,1-2H3,(H,32,35)/t27-/m1/s1. The maximum Gasteiger partial charge on any atom is 0.243 e. The van der Waals surface area contributed by atoms with Crippen LogP contribution in [0.25, 0.3) is 0 Å². The molecule has 7 heteroatoms. The summed E-state index contributed by atoms with van der Waals surface area (Å²) in [5.74, 6) is 1.09. The molecule has 0 radical (unpaired) electrons. The molecule has 0 spiro atoms. The molecule has 0 aromatic heterocycles. The Bertz CT molecular complexity index is 1130. The average Bonchev–Trinajstić information content (AvgIpc) is 2.86. The molecule has 0 aliphatic heterocycles. The van der Waals surface area contributed by atoms with Crippen molar-refractivity contribution in [2.75, 3.05) is 12.3 Å². The van der Waals surface area contributed by atoms with Gasteiger partial charge in [-0.2, -0.15) is 0 Å². The molecule has 190 valence electrons. The monoisotopic (exact) mass is 586 g/mol. The minimum absolute atomic E-state index is 0.0716. The first-order valence-electron chi connectivity index (χ1n) is 12.0. The number of nitrogens with one attached hydrogen (secondary N) is 1. The Labute approximate surface area is 231 Å². The van der Waals surface area contributed by atoms with Crippen molar-refractivity contribution in [1.82, 2.24) is 10.2 Å². The van der Waals surface area contributed by atoms with Gasteiger partial charge in [-0.15, -0.1) is 11.8 Å². The fourth-order valence-corrected chi connectivity index (χ4v) is 5.08. The Morgan fingerprint density at radius 1 is 0.944 bits per heavy atom. The molecule has 0 saturated carbocycles. The summed E-state index contributed by atoms with van der Waals surface area (Å²) in [6, 6.07) is 24.8. The van der Waals surface area contributed by atoms with Crippen LogP contribution in [-0.4, -0.2) is 35.1 Å². The smallest absolute Gasteiger partial charge is 0.243 e. The van der Waals surface area contributed by atoms with Crippen LogP contribution in [-0.2, 0) is 28.3 Å². The van der Waals surface area contributed by atoms with E-state index in [1.807, 2.05) is 78.9 Å². The third-order valence-electron chi connectivity index (χ3n) is 5.61. The second-order valence-electron chi connectivity index (χ2n) is 9.12. The largest absolute Gasteiger partial charge is 0.354 e. The van der Waals surface area contributed by atoms with Crippen molar-refractivity contribution >= 4 is 51.1 Å². The number of carbonyl (C=O) groups excluding carboxylic acids is 2. The van der Waals surface area contributed by atoms with Gasteiger partial charge in [0.15, 0.2) is 0 Å². The number of nitrogens with zero attached hydrogens (tertiary/aromatic N) is 1. The van der Waals surface area contributed by atoms with Crippen LogP contribution in [0.2, 0.25) is 5.02 Å². The zero-order valence-corrected chi connectivity index (χ0v) is 23.8. The predicted molar refractivity (Wildman–Crippen MR) is 154 cm³/mol. The van der Waals surface area contributed by atoms with Gasteiger partial charge in [-0.3, -0.25) is 9.59 Å². The van der Waals surface area contributed by atoms with Crippen LogP contribution in [0.3, 0.4) is 0 Å². The van der Waals surface area contributed by atoms with Gasteiger partial charge in [-0.25, -0.2) is 0 Å². The van der Waals surface area contributed by atoms with Crippen molar-refractivity contribution < 1.29 is 9.59 Å². The number of thioether (sulfide) groups is 1. The van der Waals surface area contributed by atoms with Gasteiger partial charge < -0.3 is 10.2 Å². The highest BCUT2D eigenvalue weighted by atomic mass is 79.9. The Balaban J connectivity index is 1.83. The van der Waals surface area contributed by atoms with Crippen molar-refractivity contribution in [3.8, 4) is 0 Å². The van der Waals surface area contributed by atoms with E-state index in [1.165, 1.54) is 0 Å².